The summed E-state index contributed by atoms with van der Waals surface area (Å²) in [6, 6.07) is 9.51. The highest BCUT2D eigenvalue weighted by Gasteiger charge is 2.34. The van der Waals surface area contributed by atoms with E-state index in [0.29, 0.717) is 17.8 Å². The van der Waals surface area contributed by atoms with Crippen molar-refractivity contribution in [2.45, 2.75) is 26.3 Å². The van der Waals surface area contributed by atoms with Crippen LogP contribution in [0.5, 0.6) is 5.75 Å². The van der Waals surface area contributed by atoms with Crippen LogP contribution in [0.4, 0.5) is 5.69 Å². The maximum Gasteiger partial charge on any atom is 0.269 e. The molecule has 8 heteroatoms. The normalized spacial score (nSPS) is 15.8. The lowest BCUT2D eigenvalue weighted by Gasteiger charge is -2.27. The molecule has 1 aliphatic heterocycles. The molecule has 0 unspecified atom stereocenters. The van der Waals surface area contributed by atoms with Gasteiger partial charge >= 0.3 is 0 Å². The van der Waals surface area contributed by atoms with E-state index in [1.165, 1.54) is 18.2 Å². The van der Waals surface area contributed by atoms with Gasteiger partial charge in [0.2, 0.25) is 5.88 Å². The third kappa shape index (κ3) is 2.59. The van der Waals surface area contributed by atoms with Crippen molar-refractivity contribution in [2.75, 3.05) is 0 Å². The Morgan fingerprint density at radius 1 is 1.42 bits per heavy atom. The number of ether oxygens (including phenoxy) is 1. The van der Waals surface area contributed by atoms with Crippen LogP contribution in [-0.2, 0) is 6.54 Å². The molecule has 0 saturated carbocycles. The summed E-state index contributed by atoms with van der Waals surface area (Å²) < 4.78 is 7.07. The van der Waals surface area contributed by atoms with E-state index in [1.54, 1.807) is 23.6 Å². The summed E-state index contributed by atoms with van der Waals surface area (Å²) in [5.74, 6) is -0.663. The molecule has 0 radical (unpaired) electrons. The van der Waals surface area contributed by atoms with Crippen molar-refractivity contribution in [2.24, 2.45) is 5.73 Å². The van der Waals surface area contributed by atoms with Gasteiger partial charge < -0.3 is 15.0 Å². The van der Waals surface area contributed by atoms with Crippen molar-refractivity contribution < 1.29 is 9.66 Å². The predicted molar refractivity (Wildman–Crippen MR) is 93.5 cm³/mol. The fourth-order valence-electron chi connectivity index (χ4n) is 3.23. The van der Waals surface area contributed by atoms with E-state index in [2.05, 4.69) is 0 Å². The van der Waals surface area contributed by atoms with Gasteiger partial charge in [-0.3, -0.25) is 14.9 Å². The molecule has 1 aromatic carbocycles. The molecule has 0 spiro atoms. The zero-order valence-electron chi connectivity index (χ0n) is 14.2. The van der Waals surface area contributed by atoms with Gasteiger partial charge in [0.15, 0.2) is 0 Å². The van der Waals surface area contributed by atoms with Gasteiger partial charge in [0.25, 0.3) is 11.2 Å². The van der Waals surface area contributed by atoms with Gasteiger partial charge in [0, 0.05) is 30.4 Å². The number of non-ortho nitro benzene ring substituents is 1. The van der Waals surface area contributed by atoms with E-state index in [1.807, 2.05) is 13.0 Å². The number of fused-ring (bicyclic) bond motifs is 1. The first kappa shape index (κ1) is 17.2. The number of nitro groups is 1. The standard InChI is InChI=1S/C18H16N4O4/c1-3-21-10(2)7-14-16(18(21)23)15(13(9-19)17(20)26-14)11-5-4-6-12(8-11)22(24)25/h4-8,15H,3,20H2,1-2H3/t15-/m0/s1. The van der Waals surface area contributed by atoms with Crippen LogP contribution in [0.2, 0.25) is 0 Å². The quantitative estimate of drug-likeness (QED) is 0.667. The predicted octanol–water partition coefficient (Wildman–Crippen LogP) is 2.30. The summed E-state index contributed by atoms with van der Waals surface area (Å²) in [6.45, 7) is 4.06. The summed E-state index contributed by atoms with van der Waals surface area (Å²) in [5, 5.41) is 20.7. The minimum atomic E-state index is -0.824. The van der Waals surface area contributed by atoms with E-state index < -0.39 is 10.8 Å². The minimum Gasteiger partial charge on any atom is -0.440 e. The average Bonchev–Trinajstić information content (AvgIpc) is 2.61. The molecule has 3 rings (SSSR count). The van der Waals surface area contributed by atoms with Gasteiger partial charge in [-0.25, -0.2) is 0 Å². The number of benzene rings is 1. The second-order valence-corrected chi connectivity index (χ2v) is 5.89. The summed E-state index contributed by atoms with van der Waals surface area (Å²) in [4.78, 5) is 23.6. The van der Waals surface area contributed by atoms with E-state index in [4.69, 9.17) is 10.5 Å². The number of pyridine rings is 1. The van der Waals surface area contributed by atoms with E-state index in [9.17, 15) is 20.2 Å². The first-order valence-corrected chi connectivity index (χ1v) is 7.95. The monoisotopic (exact) mass is 352 g/mol. The van der Waals surface area contributed by atoms with Crippen molar-refractivity contribution in [3.8, 4) is 11.8 Å². The molecule has 8 nitrogen and oxygen atoms in total. The number of hydrogen-bond acceptors (Lipinski definition) is 6. The van der Waals surface area contributed by atoms with Crippen LogP contribution in [0.15, 0.2) is 46.6 Å². The van der Waals surface area contributed by atoms with E-state index in [-0.39, 0.29) is 34.0 Å². The molecule has 0 saturated heterocycles. The van der Waals surface area contributed by atoms with Gasteiger partial charge in [-0.05, 0) is 19.4 Å². The molecule has 132 valence electrons. The van der Waals surface area contributed by atoms with E-state index >= 15 is 0 Å². The number of nitrogens with two attached hydrogens (primary N) is 1. The van der Waals surface area contributed by atoms with Crippen LogP contribution >= 0.6 is 0 Å². The Morgan fingerprint density at radius 2 is 2.15 bits per heavy atom. The first-order valence-electron chi connectivity index (χ1n) is 7.95. The van der Waals surface area contributed by atoms with Crippen LogP contribution in [0, 0.1) is 28.4 Å². The molecule has 1 atom stereocenters. The number of aromatic nitrogens is 1. The Balaban J connectivity index is 2.34. The van der Waals surface area contributed by atoms with Crippen LogP contribution in [0.25, 0.3) is 0 Å². The Kier molecular flexibility index (Phi) is 4.22. The zero-order valence-corrected chi connectivity index (χ0v) is 14.2. The Bertz CT molecular complexity index is 1050. The molecule has 0 amide bonds. The maximum atomic E-state index is 13.0. The van der Waals surface area contributed by atoms with Gasteiger partial charge in [0.1, 0.15) is 17.4 Å². The molecule has 26 heavy (non-hydrogen) atoms. The topological polar surface area (TPSA) is 124 Å². The van der Waals surface area contributed by atoms with Gasteiger partial charge in [-0.15, -0.1) is 0 Å². The Morgan fingerprint density at radius 3 is 2.77 bits per heavy atom. The number of allylic oxidation sites excluding steroid dienone is 1. The molecular weight excluding hydrogens is 336 g/mol. The Hall–Kier alpha value is -3.60. The fourth-order valence-corrected chi connectivity index (χ4v) is 3.23. The number of nitriles is 1. The van der Waals surface area contributed by atoms with Crippen LogP contribution in [0.3, 0.4) is 0 Å². The molecule has 2 heterocycles. The summed E-state index contributed by atoms with van der Waals surface area (Å²) >= 11 is 0. The molecule has 2 N–H and O–H groups in total. The lowest BCUT2D eigenvalue weighted by molar-refractivity contribution is -0.384. The average molecular weight is 352 g/mol. The maximum absolute atomic E-state index is 13.0. The third-order valence-corrected chi connectivity index (χ3v) is 4.42. The molecule has 2 aromatic rings. The van der Waals surface area contributed by atoms with Crippen molar-refractivity contribution in [1.82, 2.24) is 4.57 Å². The zero-order chi connectivity index (χ0) is 19.0. The van der Waals surface area contributed by atoms with Crippen molar-refractivity contribution in [3.63, 3.8) is 0 Å². The fraction of sp³-hybridized carbons (Fsp3) is 0.222. The summed E-state index contributed by atoms with van der Waals surface area (Å²) in [7, 11) is 0. The number of nitro benzene ring substituents is 1. The summed E-state index contributed by atoms with van der Waals surface area (Å²) in [5.41, 5.74) is 6.90. The highest BCUT2D eigenvalue weighted by Crippen LogP contribution is 2.41. The SMILES string of the molecule is CCn1c(C)cc2c(c1=O)[C@@H](c1cccc([N+](=O)[O-])c1)C(C#N)=C(N)O2. The third-order valence-electron chi connectivity index (χ3n) is 4.42. The largest absolute Gasteiger partial charge is 0.440 e. The van der Waals surface area contributed by atoms with E-state index in [0.717, 1.165) is 0 Å². The molecule has 1 aliphatic rings. The smallest absolute Gasteiger partial charge is 0.269 e. The van der Waals surface area contributed by atoms with Crippen molar-refractivity contribution in [1.29, 1.82) is 5.26 Å². The Labute approximate surface area is 148 Å². The number of aryl methyl sites for hydroxylation is 1. The minimum absolute atomic E-state index is 0.0570. The molecular formula is C18H16N4O4. The van der Waals surface area contributed by atoms with Crippen LogP contribution in [0.1, 0.15) is 29.7 Å². The van der Waals surface area contributed by atoms with Crippen LogP contribution in [-0.4, -0.2) is 9.49 Å². The molecule has 0 aliphatic carbocycles. The number of hydrogen-bond donors (Lipinski definition) is 1. The number of nitrogens with zero attached hydrogens (tertiary/aromatic N) is 3. The highest BCUT2D eigenvalue weighted by atomic mass is 16.6. The van der Waals surface area contributed by atoms with Gasteiger partial charge in [0.05, 0.1) is 16.4 Å². The molecule has 0 fully saturated rings. The lowest BCUT2D eigenvalue weighted by Crippen LogP contribution is -2.32. The second kappa shape index (κ2) is 6.37. The lowest BCUT2D eigenvalue weighted by atomic mass is 9.84. The van der Waals surface area contributed by atoms with Gasteiger partial charge in [-0.1, -0.05) is 12.1 Å². The number of rotatable bonds is 3. The molecule has 1 aromatic heterocycles. The molecule has 0 bridgehead atoms. The van der Waals surface area contributed by atoms with Crippen molar-refractivity contribution >= 4 is 5.69 Å². The van der Waals surface area contributed by atoms with Crippen LogP contribution < -0.4 is 16.0 Å². The van der Waals surface area contributed by atoms with Crippen molar-refractivity contribution in [3.05, 3.63) is 79.1 Å². The summed E-state index contributed by atoms with van der Waals surface area (Å²) in [6.07, 6.45) is 0. The highest BCUT2D eigenvalue weighted by molar-refractivity contribution is 5.56. The first-order chi connectivity index (χ1) is 12.4. The van der Waals surface area contributed by atoms with Gasteiger partial charge in [-0.2, -0.15) is 5.26 Å². The second-order valence-electron chi connectivity index (χ2n) is 5.89.